The van der Waals surface area contributed by atoms with Gasteiger partial charge in [-0.3, -0.25) is 0 Å². The van der Waals surface area contributed by atoms with Crippen LogP contribution in [-0.2, 0) is 0 Å². The molecule has 0 aliphatic heterocycles. The first-order chi connectivity index (χ1) is 9.31. The zero-order valence-electron chi connectivity index (χ0n) is 12.7. The fourth-order valence-electron chi connectivity index (χ4n) is 4.12. The van der Waals surface area contributed by atoms with Crippen LogP contribution in [0.3, 0.4) is 0 Å². The highest BCUT2D eigenvalue weighted by Crippen LogP contribution is 2.36. The summed E-state index contributed by atoms with van der Waals surface area (Å²) < 4.78 is 0. The van der Waals surface area contributed by atoms with Crippen LogP contribution in [0, 0.1) is 23.7 Å². The Morgan fingerprint density at radius 3 is 1.74 bits per heavy atom. The predicted octanol–water partition coefficient (Wildman–Crippen LogP) is 4.95. The first kappa shape index (κ1) is 15.1. The SMILES string of the molecule is C/C=C/[C@H]1CC[C@H](CC[C@H]2CC[C@H](CO)CC2)CC1. The molecule has 0 aromatic carbocycles. The minimum Gasteiger partial charge on any atom is -0.396 e. The van der Waals surface area contributed by atoms with Crippen molar-refractivity contribution in [3.63, 3.8) is 0 Å². The number of hydrogen-bond acceptors (Lipinski definition) is 1. The molecule has 0 saturated heterocycles. The minimum absolute atomic E-state index is 0.418. The summed E-state index contributed by atoms with van der Waals surface area (Å²) in [4.78, 5) is 0. The highest BCUT2D eigenvalue weighted by molar-refractivity contribution is 4.89. The van der Waals surface area contributed by atoms with Gasteiger partial charge in [0.15, 0.2) is 0 Å². The first-order valence-electron chi connectivity index (χ1n) is 8.55. The molecule has 0 bridgehead atoms. The molecule has 0 amide bonds. The van der Waals surface area contributed by atoms with Crippen LogP contribution in [0.25, 0.3) is 0 Å². The summed E-state index contributed by atoms with van der Waals surface area (Å²) in [5.41, 5.74) is 0. The average molecular weight is 264 g/mol. The minimum atomic E-state index is 0.418. The summed E-state index contributed by atoms with van der Waals surface area (Å²) in [6, 6.07) is 0. The number of aliphatic hydroxyl groups is 1. The van der Waals surface area contributed by atoms with Gasteiger partial charge in [-0.05, 0) is 69.1 Å². The van der Waals surface area contributed by atoms with Crippen LogP contribution in [0.15, 0.2) is 12.2 Å². The second-order valence-corrected chi connectivity index (χ2v) is 6.95. The quantitative estimate of drug-likeness (QED) is 0.697. The largest absolute Gasteiger partial charge is 0.396 e. The Kier molecular flexibility index (Phi) is 6.43. The molecule has 19 heavy (non-hydrogen) atoms. The molecule has 2 aliphatic carbocycles. The summed E-state index contributed by atoms with van der Waals surface area (Å²) >= 11 is 0. The van der Waals surface area contributed by atoms with Crippen molar-refractivity contribution < 1.29 is 5.11 Å². The molecule has 1 heteroatoms. The molecule has 0 heterocycles. The van der Waals surface area contributed by atoms with Crippen molar-refractivity contribution in [1.29, 1.82) is 0 Å². The van der Waals surface area contributed by atoms with E-state index < -0.39 is 0 Å². The second kappa shape index (κ2) is 8.09. The van der Waals surface area contributed by atoms with Crippen LogP contribution in [0.5, 0.6) is 0 Å². The van der Waals surface area contributed by atoms with Gasteiger partial charge in [0.1, 0.15) is 0 Å². The van der Waals surface area contributed by atoms with Crippen LogP contribution in [-0.4, -0.2) is 11.7 Å². The Morgan fingerprint density at radius 1 is 0.789 bits per heavy atom. The highest BCUT2D eigenvalue weighted by atomic mass is 16.3. The van der Waals surface area contributed by atoms with E-state index >= 15 is 0 Å². The lowest BCUT2D eigenvalue weighted by molar-refractivity contribution is 0.158. The molecule has 2 saturated carbocycles. The summed E-state index contributed by atoms with van der Waals surface area (Å²) in [6.07, 6.45) is 18.6. The van der Waals surface area contributed by atoms with Crippen LogP contribution < -0.4 is 0 Å². The maximum atomic E-state index is 9.17. The average Bonchev–Trinajstić information content (AvgIpc) is 2.47. The Balaban J connectivity index is 1.59. The first-order valence-corrected chi connectivity index (χ1v) is 8.55. The van der Waals surface area contributed by atoms with Gasteiger partial charge in [0.05, 0.1) is 0 Å². The second-order valence-electron chi connectivity index (χ2n) is 6.95. The van der Waals surface area contributed by atoms with Crippen molar-refractivity contribution in [1.82, 2.24) is 0 Å². The zero-order chi connectivity index (χ0) is 13.5. The molecule has 0 aromatic rings. The van der Waals surface area contributed by atoms with Gasteiger partial charge in [-0.15, -0.1) is 0 Å². The van der Waals surface area contributed by atoms with E-state index in [1.54, 1.807) is 0 Å². The fourth-order valence-corrected chi connectivity index (χ4v) is 4.12. The lowest BCUT2D eigenvalue weighted by Crippen LogP contribution is -2.19. The Labute approximate surface area is 119 Å². The molecule has 0 unspecified atom stereocenters. The summed E-state index contributed by atoms with van der Waals surface area (Å²) in [5, 5.41) is 9.17. The standard InChI is InChI=1S/C18H32O/c1-2-3-15-4-6-16(7-5-15)8-9-17-10-12-18(14-19)13-11-17/h2-3,15-19H,4-14H2,1H3/b3-2+/t15-,16-,17-,18-. The van der Waals surface area contributed by atoms with Crippen molar-refractivity contribution in [2.24, 2.45) is 23.7 Å². The van der Waals surface area contributed by atoms with Gasteiger partial charge >= 0.3 is 0 Å². The van der Waals surface area contributed by atoms with Gasteiger partial charge < -0.3 is 5.11 Å². The molecule has 1 N–H and O–H groups in total. The monoisotopic (exact) mass is 264 g/mol. The predicted molar refractivity (Wildman–Crippen MR) is 82.0 cm³/mol. The molecule has 0 spiro atoms. The van der Waals surface area contributed by atoms with E-state index in [0.717, 1.165) is 17.8 Å². The number of rotatable bonds is 5. The summed E-state index contributed by atoms with van der Waals surface area (Å²) in [7, 11) is 0. The molecule has 0 aromatic heterocycles. The number of allylic oxidation sites excluding steroid dienone is 2. The molecular formula is C18H32O. The Hall–Kier alpha value is -0.300. The van der Waals surface area contributed by atoms with Crippen LogP contribution >= 0.6 is 0 Å². The van der Waals surface area contributed by atoms with Crippen molar-refractivity contribution in [2.45, 2.75) is 71.1 Å². The van der Waals surface area contributed by atoms with Crippen LogP contribution in [0.2, 0.25) is 0 Å². The fraction of sp³-hybridized carbons (Fsp3) is 0.889. The lowest BCUT2D eigenvalue weighted by atomic mass is 9.76. The van der Waals surface area contributed by atoms with E-state index in [9.17, 15) is 5.11 Å². The maximum absolute atomic E-state index is 9.17. The van der Waals surface area contributed by atoms with Crippen molar-refractivity contribution in [3.05, 3.63) is 12.2 Å². The zero-order valence-corrected chi connectivity index (χ0v) is 12.7. The number of hydrogen-bond donors (Lipinski definition) is 1. The van der Waals surface area contributed by atoms with Crippen molar-refractivity contribution in [2.75, 3.05) is 6.61 Å². The third kappa shape index (κ3) is 4.95. The van der Waals surface area contributed by atoms with E-state index in [1.807, 2.05) is 0 Å². The molecule has 0 radical (unpaired) electrons. The van der Waals surface area contributed by atoms with E-state index in [-0.39, 0.29) is 0 Å². The van der Waals surface area contributed by atoms with Crippen LogP contribution in [0.4, 0.5) is 0 Å². The number of aliphatic hydroxyl groups excluding tert-OH is 1. The lowest BCUT2D eigenvalue weighted by Gasteiger charge is -2.30. The van der Waals surface area contributed by atoms with Gasteiger partial charge in [-0.2, -0.15) is 0 Å². The maximum Gasteiger partial charge on any atom is 0.0459 e. The van der Waals surface area contributed by atoms with E-state index in [4.69, 9.17) is 0 Å². The Morgan fingerprint density at radius 2 is 1.26 bits per heavy atom. The van der Waals surface area contributed by atoms with Gasteiger partial charge in [-0.25, -0.2) is 0 Å². The van der Waals surface area contributed by atoms with Crippen LogP contribution in [0.1, 0.15) is 71.1 Å². The molecule has 2 rings (SSSR count). The molecular weight excluding hydrogens is 232 g/mol. The molecule has 2 fully saturated rings. The van der Waals surface area contributed by atoms with Crippen molar-refractivity contribution >= 4 is 0 Å². The topological polar surface area (TPSA) is 20.2 Å². The van der Waals surface area contributed by atoms with Crippen molar-refractivity contribution in [3.8, 4) is 0 Å². The van der Waals surface area contributed by atoms with Gasteiger partial charge in [-0.1, -0.05) is 37.8 Å². The van der Waals surface area contributed by atoms with E-state index in [2.05, 4.69) is 19.1 Å². The Bertz CT molecular complexity index is 255. The molecule has 110 valence electrons. The highest BCUT2D eigenvalue weighted by Gasteiger charge is 2.23. The van der Waals surface area contributed by atoms with Gasteiger partial charge in [0, 0.05) is 6.61 Å². The third-order valence-corrected chi connectivity index (χ3v) is 5.56. The van der Waals surface area contributed by atoms with E-state index in [0.29, 0.717) is 12.5 Å². The summed E-state index contributed by atoms with van der Waals surface area (Å²) in [6.45, 7) is 2.57. The smallest absolute Gasteiger partial charge is 0.0459 e. The molecule has 0 atom stereocenters. The molecule has 2 aliphatic rings. The van der Waals surface area contributed by atoms with Gasteiger partial charge in [0.2, 0.25) is 0 Å². The van der Waals surface area contributed by atoms with E-state index in [1.165, 1.54) is 64.2 Å². The molecule has 1 nitrogen and oxygen atoms in total. The summed E-state index contributed by atoms with van der Waals surface area (Å²) in [5.74, 6) is 3.47. The van der Waals surface area contributed by atoms with Gasteiger partial charge in [0.25, 0.3) is 0 Å². The normalized spacial score (nSPS) is 36.7. The third-order valence-electron chi connectivity index (χ3n) is 5.56.